The van der Waals surface area contributed by atoms with Gasteiger partial charge in [-0.15, -0.1) is 0 Å². The third-order valence-corrected chi connectivity index (χ3v) is 2.00. The van der Waals surface area contributed by atoms with Gasteiger partial charge in [0.15, 0.2) is 12.4 Å². The molecule has 80 valence electrons. The van der Waals surface area contributed by atoms with Gasteiger partial charge in [0.1, 0.15) is 5.75 Å². The molecule has 0 aromatic heterocycles. The third-order valence-electron chi connectivity index (χ3n) is 2.00. The molecule has 0 fully saturated rings. The summed E-state index contributed by atoms with van der Waals surface area (Å²) < 4.78 is 5.34. The van der Waals surface area contributed by atoms with Gasteiger partial charge in [0.05, 0.1) is 5.56 Å². The minimum atomic E-state index is -0.689. The summed E-state index contributed by atoms with van der Waals surface area (Å²) in [6.45, 7) is 1.79. The predicted molar refractivity (Wildman–Crippen MR) is 55.7 cm³/mol. The molecule has 1 rings (SSSR count). The van der Waals surface area contributed by atoms with Crippen molar-refractivity contribution in [3.8, 4) is 5.75 Å². The highest BCUT2D eigenvalue weighted by molar-refractivity contribution is 5.81. The minimum Gasteiger partial charge on any atom is -0.480 e. The molecule has 0 bridgehead atoms. The summed E-state index contributed by atoms with van der Waals surface area (Å²) in [5.74, 6) is -0.142. The molecule has 0 aliphatic heterocycles. The van der Waals surface area contributed by atoms with Crippen LogP contribution in [0.5, 0.6) is 5.75 Å². The van der Waals surface area contributed by atoms with Crippen LogP contribution in [0.1, 0.15) is 23.7 Å². The van der Waals surface area contributed by atoms with E-state index < -0.39 is 12.0 Å². The van der Waals surface area contributed by atoms with E-state index in [1.54, 1.807) is 31.2 Å². The Kier molecular flexibility index (Phi) is 3.85. The Morgan fingerprint density at radius 1 is 1.53 bits per heavy atom. The summed E-state index contributed by atoms with van der Waals surface area (Å²) in [7, 11) is 0. The zero-order valence-corrected chi connectivity index (χ0v) is 8.47. The first-order chi connectivity index (χ1) is 7.19. The minimum absolute atomic E-state index is 0.387. The van der Waals surface area contributed by atoms with Crippen LogP contribution >= 0.6 is 0 Å². The van der Waals surface area contributed by atoms with Crippen molar-refractivity contribution in [1.29, 1.82) is 0 Å². The molecule has 1 aromatic carbocycles. The lowest BCUT2D eigenvalue weighted by Gasteiger charge is -2.14. The van der Waals surface area contributed by atoms with E-state index in [0.29, 0.717) is 24.0 Å². The van der Waals surface area contributed by atoms with E-state index in [4.69, 9.17) is 10.5 Å². The topological polar surface area (TPSA) is 69.4 Å². The first kappa shape index (κ1) is 11.2. The number of carbonyl (C=O) groups excluding carboxylic acids is 2. The van der Waals surface area contributed by atoms with E-state index in [-0.39, 0.29) is 0 Å². The summed E-state index contributed by atoms with van der Waals surface area (Å²) in [5.41, 5.74) is 5.55. The number of amides is 1. The van der Waals surface area contributed by atoms with Gasteiger partial charge in [0, 0.05) is 0 Å². The maximum atomic E-state index is 10.9. The van der Waals surface area contributed by atoms with Crippen molar-refractivity contribution in [3.63, 3.8) is 0 Å². The van der Waals surface area contributed by atoms with Crippen molar-refractivity contribution >= 4 is 12.2 Å². The second-order valence-corrected chi connectivity index (χ2v) is 3.07. The lowest BCUT2D eigenvalue weighted by Crippen LogP contribution is -2.33. The van der Waals surface area contributed by atoms with Crippen LogP contribution in [0, 0.1) is 0 Å². The Morgan fingerprint density at radius 3 is 2.73 bits per heavy atom. The molecule has 1 atom stereocenters. The smallest absolute Gasteiger partial charge is 0.258 e. The van der Waals surface area contributed by atoms with Crippen LogP contribution < -0.4 is 10.5 Å². The molecule has 1 amide bonds. The molecule has 0 saturated carbocycles. The van der Waals surface area contributed by atoms with Gasteiger partial charge in [-0.1, -0.05) is 19.1 Å². The van der Waals surface area contributed by atoms with E-state index >= 15 is 0 Å². The number of hydrogen-bond acceptors (Lipinski definition) is 3. The first-order valence-corrected chi connectivity index (χ1v) is 4.69. The van der Waals surface area contributed by atoms with Crippen molar-refractivity contribution in [1.82, 2.24) is 0 Å². The lowest BCUT2D eigenvalue weighted by molar-refractivity contribution is -0.124. The number of hydrogen-bond donors (Lipinski definition) is 1. The zero-order valence-electron chi connectivity index (χ0n) is 8.47. The molecule has 1 aromatic rings. The highest BCUT2D eigenvalue weighted by Crippen LogP contribution is 2.17. The number of nitrogens with two attached hydrogens (primary N) is 1. The van der Waals surface area contributed by atoms with Crippen molar-refractivity contribution in [2.24, 2.45) is 5.73 Å². The predicted octanol–water partition coefficient (Wildman–Crippen LogP) is 1.14. The highest BCUT2D eigenvalue weighted by atomic mass is 16.5. The monoisotopic (exact) mass is 207 g/mol. The van der Waals surface area contributed by atoms with Gasteiger partial charge in [-0.05, 0) is 18.6 Å². The number of primary amides is 1. The largest absolute Gasteiger partial charge is 0.480 e. The molecular weight excluding hydrogens is 194 g/mol. The SMILES string of the molecule is CCC(Oc1ccccc1C=O)C(N)=O. The van der Waals surface area contributed by atoms with E-state index in [2.05, 4.69) is 0 Å². The standard InChI is InChI=1S/C11H13NO3/c1-2-9(11(12)14)15-10-6-4-3-5-8(10)7-13/h3-7,9H,2H2,1H3,(H2,12,14). The van der Waals surface area contributed by atoms with Gasteiger partial charge in [0.25, 0.3) is 5.91 Å². The van der Waals surface area contributed by atoms with Crippen LogP contribution in [-0.4, -0.2) is 18.3 Å². The van der Waals surface area contributed by atoms with Gasteiger partial charge in [-0.2, -0.15) is 0 Å². The molecule has 0 aliphatic carbocycles. The van der Waals surface area contributed by atoms with Crippen LogP contribution in [-0.2, 0) is 4.79 Å². The Labute approximate surface area is 88.0 Å². The molecule has 4 nitrogen and oxygen atoms in total. The summed E-state index contributed by atoms with van der Waals surface area (Å²) >= 11 is 0. The fourth-order valence-corrected chi connectivity index (χ4v) is 1.18. The van der Waals surface area contributed by atoms with E-state index in [9.17, 15) is 9.59 Å². The van der Waals surface area contributed by atoms with Crippen molar-refractivity contribution in [2.45, 2.75) is 19.4 Å². The van der Waals surface area contributed by atoms with Gasteiger partial charge < -0.3 is 10.5 Å². The highest BCUT2D eigenvalue weighted by Gasteiger charge is 2.15. The number of carbonyl (C=O) groups is 2. The van der Waals surface area contributed by atoms with Crippen LogP contribution in [0.4, 0.5) is 0 Å². The van der Waals surface area contributed by atoms with Crippen LogP contribution in [0.25, 0.3) is 0 Å². The maximum absolute atomic E-state index is 10.9. The average molecular weight is 207 g/mol. The molecule has 0 heterocycles. The zero-order chi connectivity index (χ0) is 11.3. The molecule has 0 spiro atoms. The van der Waals surface area contributed by atoms with Gasteiger partial charge >= 0.3 is 0 Å². The average Bonchev–Trinajstić information content (AvgIpc) is 2.25. The first-order valence-electron chi connectivity index (χ1n) is 4.69. The molecule has 1 unspecified atom stereocenters. The number of para-hydroxylation sites is 1. The van der Waals surface area contributed by atoms with Gasteiger partial charge in [0.2, 0.25) is 0 Å². The second-order valence-electron chi connectivity index (χ2n) is 3.07. The molecular formula is C11H13NO3. The number of ether oxygens (including phenoxy) is 1. The number of rotatable bonds is 5. The molecule has 4 heteroatoms. The van der Waals surface area contributed by atoms with Gasteiger partial charge in [-0.3, -0.25) is 9.59 Å². The molecule has 0 radical (unpaired) electrons. The van der Waals surface area contributed by atoms with Crippen molar-refractivity contribution in [2.75, 3.05) is 0 Å². The summed E-state index contributed by atoms with van der Waals surface area (Å²) in [6, 6.07) is 6.71. The fraction of sp³-hybridized carbons (Fsp3) is 0.273. The fourth-order valence-electron chi connectivity index (χ4n) is 1.18. The van der Waals surface area contributed by atoms with Gasteiger partial charge in [-0.25, -0.2) is 0 Å². The second kappa shape index (κ2) is 5.14. The quantitative estimate of drug-likeness (QED) is 0.736. The Hall–Kier alpha value is -1.84. The van der Waals surface area contributed by atoms with Crippen LogP contribution in [0.3, 0.4) is 0 Å². The number of benzene rings is 1. The Bertz CT molecular complexity index is 363. The summed E-state index contributed by atoms with van der Waals surface area (Å²) in [6.07, 6.45) is 0.470. The summed E-state index contributed by atoms with van der Waals surface area (Å²) in [4.78, 5) is 21.6. The molecule has 2 N–H and O–H groups in total. The molecule has 0 saturated heterocycles. The van der Waals surface area contributed by atoms with Crippen molar-refractivity contribution in [3.05, 3.63) is 29.8 Å². The lowest BCUT2D eigenvalue weighted by atomic mass is 10.2. The van der Waals surface area contributed by atoms with Crippen molar-refractivity contribution < 1.29 is 14.3 Å². The third kappa shape index (κ3) is 2.80. The molecule has 15 heavy (non-hydrogen) atoms. The van der Waals surface area contributed by atoms with E-state index in [1.807, 2.05) is 0 Å². The number of aldehydes is 1. The van der Waals surface area contributed by atoms with E-state index in [0.717, 1.165) is 0 Å². The summed E-state index contributed by atoms with van der Waals surface area (Å²) in [5, 5.41) is 0. The molecule has 0 aliphatic rings. The Balaban J connectivity index is 2.87. The van der Waals surface area contributed by atoms with Crippen LogP contribution in [0.2, 0.25) is 0 Å². The normalized spacial score (nSPS) is 11.8. The maximum Gasteiger partial charge on any atom is 0.258 e. The Morgan fingerprint density at radius 2 is 2.20 bits per heavy atom. The van der Waals surface area contributed by atoms with E-state index in [1.165, 1.54) is 0 Å². The van der Waals surface area contributed by atoms with Crippen LogP contribution in [0.15, 0.2) is 24.3 Å².